The summed E-state index contributed by atoms with van der Waals surface area (Å²) in [5, 5.41) is 316. The molecule has 0 radical (unpaired) electrons. The highest BCUT2D eigenvalue weighted by atomic mass is 16.6. The maximum absolute atomic E-state index is 14.1. The maximum atomic E-state index is 14.1. The molecule has 116 heavy (non-hydrogen) atoms. The van der Waals surface area contributed by atoms with Crippen LogP contribution < -0.4 is 23.7 Å². The first-order valence-electron chi connectivity index (χ1n) is 35.1. The second-order valence-electron chi connectivity index (χ2n) is 28.5. The van der Waals surface area contributed by atoms with Crippen LogP contribution in [0.4, 0.5) is 0 Å². The zero-order chi connectivity index (χ0) is 82.7. The third kappa shape index (κ3) is 12.0. The molecule has 0 amide bonds. The molecule has 34 heteroatoms. The lowest BCUT2D eigenvalue weighted by Gasteiger charge is -2.45. The quantitative estimate of drug-likeness (QED) is 0.0427. The van der Waals surface area contributed by atoms with Crippen LogP contribution in [0, 0.1) is 0 Å². The minimum Gasteiger partial charge on any atom is -0.508 e. The van der Waals surface area contributed by atoms with Crippen LogP contribution in [-0.4, -0.2) is 174 Å². The predicted molar refractivity (Wildman–Crippen MR) is 390 cm³/mol. The van der Waals surface area contributed by atoms with Gasteiger partial charge in [0.1, 0.15) is 117 Å². The Morgan fingerprint density at radius 3 is 0.871 bits per heavy atom. The Kier molecular flexibility index (Phi) is 17.8. The number of hydrogen-bond acceptors (Lipinski definition) is 34. The largest absolute Gasteiger partial charge is 0.508 e. The lowest BCUT2D eigenvalue weighted by molar-refractivity contribution is -0.0213. The Labute approximate surface area is 649 Å². The molecule has 0 aromatic heterocycles. The average molecular weight is 1600 g/mol. The molecule has 0 saturated carbocycles. The molecule has 0 saturated heterocycles. The summed E-state index contributed by atoms with van der Waals surface area (Å²) in [5.41, 5.74) is -7.19. The molecule has 5 heterocycles. The van der Waals surface area contributed by atoms with Gasteiger partial charge in [0.15, 0.2) is 105 Å². The van der Waals surface area contributed by atoms with Gasteiger partial charge in [0.2, 0.25) is 0 Å². The van der Waals surface area contributed by atoms with Crippen LogP contribution in [0.15, 0.2) is 140 Å². The summed E-state index contributed by atoms with van der Waals surface area (Å²) in [6.07, 6.45) is -21.0. The van der Waals surface area contributed by atoms with Gasteiger partial charge in [-0.2, -0.15) is 0 Å². The van der Waals surface area contributed by atoms with E-state index in [9.17, 15) is 143 Å². The first-order chi connectivity index (χ1) is 55.1. The van der Waals surface area contributed by atoms with E-state index in [-0.39, 0.29) is 33.4 Å². The standard InChI is InChI=1S/C82H66O34/c83-31-18-44(95)56-54(19-31)111-74(26-2-7-34(85)40(91)12-26)69(106)64(56)58-46(97)22-48(99)60-66(71(108)76(114-79(58)60)28-4-9-36(87)42(93)14-28)62-50(101)24-51(102)63-67(72(109)77(116-81(62)63)29-5-10-37(88)43(94)15-29)61-49(100)23-47(98)59-65(70(107)75(115-80(59)61)27-3-8-35(86)41(92)13-27)57-45(96)21-38(89)32-20-55(112-82(110)30-16-52(103)68(105)53(104)17-30)73(113-78(32)57)25-1-6-33(84)39(90)11-25/h1-19,21-24,55,64-67,69-77,83-109H,20H2/t55-,64?,65?,66?,67?,69-,70-,71-,72-,73-,74-,75-,76-,77-/m1/s1. The Morgan fingerprint density at radius 1 is 0.267 bits per heavy atom. The summed E-state index contributed by atoms with van der Waals surface area (Å²) >= 11 is 0. The van der Waals surface area contributed by atoms with Crippen molar-refractivity contribution in [3.8, 4) is 161 Å². The smallest absolute Gasteiger partial charge is 0.338 e. The van der Waals surface area contributed by atoms with Crippen molar-refractivity contribution < 1.29 is 171 Å². The van der Waals surface area contributed by atoms with Gasteiger partial charge in [0.05, 0.1) is 29.2 Å². The fraction of sp³-hybridized carbons (Fsp3) is 0.183. The molecule has 14 atom stereocenters. The summed E-state index contributed by atoms with van der Waals surface area (Å²) in [6, 6.07) is 21.4. The van der Waals surface area contributed by atoms with Crippen molar-refractivity contribution in [1.29, 1.82) is 0 Å². The Morgan fingerprint density at radius 2 is 0.543 bits per heavy atom. The lowest BCUT2D eigenvalue weighted by Crippen LogP contribution is -2.40. The Hall–Kier alpha value is -14.9. The lowest BCUT2D eigenvalue weighted by atomic mass is 9.71. The molecule has 11 aromatic carbocycles. The number of phenolic OH excluding ortho intramolecular Hbond substituents is 23. The molecule has 16 rings (SSSR count). The van der Waals surface area contributed by atoms with Gasteiger partial charge in [-0.3, -0.25) is 0 Å². The average Bonchev–Trinajstić information content (AvgIpc) is 0.703. The number of fused-ring (bicyclic) bond motifs is 5. The number of phenols is 23. The molecule has 598 valence electrons. The van der Waals surface area contributed by atoms with Crippen LogP contribution in [0.1, 0.15) is 142 Å². The maximum Gasteiger partial charge on any atom is 0.338 e. The van der Waals surface area contributed by atoms with Crippen molar-refractivity contribution in [2.75, 3.05) is 0 Å². The van der Waals surface area contributed by atoms with Gasteiger partial charge in [-0.25, -0.2) is 4.79 Å². The topological polar surface area (TPSA) is 619 Å². The van der Waals surface area contributed by atoms with E-state index in [0.717, 1.165) is 109 Å². The van der Waals surface area contributed by atoms with Crippen LogP contribution in [0.25, 0.3) is 0 Å². The van der Waals surface area contributed by atoms with Gasteiger partial charge >= 0.3 is 5.97 Å². The monoisotopic (exact) mass is 1590 g/mol. The Bertz CT molecular complexity index is 5920. The summed E-state index contributed by atoms with van der Waals surface area (Å²) in [5.74, 6) is -33.2. The third-order valence-electron chi connectivity index (χ3n) is 21.7. The van der Waals surface area contributed by atoms with Gasteiger partial charge < -0.3 is 166 Å². The molecule has 5 aliphatic heterocycles. The van der Waals surface area contributed by atoms with Gasteiger partial charge in [-0.1, -0.05) is 30.3 Å². The molecule has 0 aliphatic carbocycles. The van der Waals surface area contributed by atoms with Crippen LogP contribution in [0.5, 0.6) is 161 Å². The van der Waals surface area contributed by atoms with E-state index in [2.05, 4.69) is 0 Å². The van der Waals surface area contributed by atoms with Crippen LogP contribution >= 0.6 is 0 Å². The number of carbonyl (C=O) groups is 1. The van der Waals surface area contributed by atoms with Crippen molar-refractivity contribution in [3.05, 3.63) is 223 Å². The van der Waals surface area contributed by atoms with E-state index < -0.39 is 308 Å². The van der Waals surface area contributed by atoms with E-state index in [1.54, 1.807) is 0 Å². The summed E-state index contributed by atoms with van der Waals surface area (Å²) in [6.45, 7) is 0. The van der Waals surface area contributed by atoms with Crippen LogP contribution in [-0.2, 0) is 11.2 Å². The molecule has 4 unspecified atom stereocenters. The highest BCUT2D eigenvalue weighted by molar-refractivity contribution is 5.91. The van der Waals surface area contributed by atoms with Crippen molar-refractivity contribution >= 4 is 5.97 Å². The van der Waals surface area contributed by atoms with E-state index in [1.807, 2.05) is 0 Å². The van der Waals surface area contributed by atoms with Crippen molar-refractivity contribution in [2.45, 2.75) is 91.1 Å². The molecule has 0 fully saturated rings. The number of hydrogen-bond donors (Lipinski definition) is 27. The summed E-state index contributed by atoms with van der Waals surface area (Å²) in [4.78, 5) is 14.1. The number of aromatic hydroxyl groups is 23. The molecule has 0 spiro atoms. The van der Waals surface area contributed by atoms with Gasteiger partial charge in [0.25, 0.3) is 0 Å². The summed E-state index contributed by atoms with van der Waals surface area (Å²) in [7, 11) is 0. The number of carbonyl (C=O) groups excluding carboxylic acids is 1. The molecule has 11 aromatic rings. The van der Waals surface area contributed by atoms with E-state index >= 15 is 0 Å². The molecular weight excluding hydrogens is 1530 g/mol. The SMILES string of the molecule is O=C(O[C@@H]1Cc2c(O)cc(O)c(C3c4c(O)cc(O)c(C5c6c(O)cc(O)c(C7c8c(O)cc(O)c(C9c%10c(O)cc(O)cc%10O[C@H](c%10ccc(O)c(O)c%10)[C@@H]9O)c8O[C@H](c8ccc(O)c(O)c8)[C@@H]7O)c6O[C@H](c6ccc(O)c(O)c6)[C@@H]5O)c4O[C@H](c4ccc(O)c(O)c4)[C@@H]3O)c2O[C@@H]1c1ccc(O)c(O)c1)c1cc(O)c(O)c(O)c1. The highest BCUT2D eigenvalue weighted by Gasteiger charge is 2.56. The fourth-order valence-corrected chi connectivity index (χ4v) is 16.4. The number of ether oxygens (including phenoxy) is 6. The molecule has 27 N–H and O–H groups in total. The third-order valence-corrected chi connectivity index (χ3v) is 21.7. The molecule has 0 bridgehead atoms. The molecular formula is C82H66O34. The molecule has 5 aliphatic rings. The van der Waals surface area contributed by atoms with Gasteiger partial charge in [-0.05, 0) is 95.1 Å². The zero-order valence-electron chi connectivity index (χ0n) is 59.0. The fourth-order valence-electron chi connectivity index (χ4n) is 16.4. The van der Waals surface area contributed by atoms with Gasteiger partial charge in [0, 0.05) is 98.5 Å². The highest BCUT2D eigenvalue weighted by Crippen LogP contribution is 2.67. The van der Waals surface area contributed by atoms with Crippen molar-refractivity contribution in [3.63, 3.8) is 0 Å². The molecule has 34 nitrogen and oxygen atoms in total. The van der Waals surface area contributed by atoms with Gasteiger partial charge in [-0.15, -0.1) is 0 Å². The first kappa shape index (κ1) is 75.2. The van der Waals surface area contributed by atoms with Crippen molar-refractivity contribution in [1.82, 2.24) is 0 Å². The van der Waals surface area contributed by atoms with E-state index in [4.69, 9.17) is 28.4 Å². The second-order valence-corrected chi connectivity index (χ2v) is 28.5. The van der Waals surface area contributed by atoms with Crippen molar-refractivity contribution in [2.24, 2.45) is 0 Å². The number of benzene rings is 11. The number of aliphatic hydroxyl groups excluding tert-OH is 4. The predicted octanol–water partition coefficient (Wildman–Crippen LogP) is 8.32. The minimum atomic E-state index is -2.38. The van der Waals surface area contributed by atoms with Crippen LogP contribution in [0.2, 0.25) is 0 Å². The Balaban J connectivity index is 0.943. The summed E-state index contributed by atoms with van der Waals surface area (Å²) < 4.78 is 39.1. The minimum absolute atomic E-state index is 0.0743. The zero-order valence-corrected chi connectivity index (χ0v) is 59.0. The number of rotatable bonds is 11. The van der Waals surface area contributed by atoms with Crippen LogP contribution in [0.3, 0.4) is 0 Å². The normalized spacial score (nSPS) is 22.9. The number of esters is 1. The van der Waals surface area contributed by atoms with E-state index in [1.165, 1.54) is 12.1 Å². The number of aliphatic hydroxyl groups is 4. The van der Waals surface area contributed by atoms with E-state index in [0.29, 0.717) is 18.2 Å². The first-order valence-corrected chi connectivity index (χ1v) is 35.1. The second kappa shape index (κ2) is 27.5.